The Kier molecular flexibility index (Phi) is 6.23. The van der Waals surface area contributed by atoms with Crippen LogP contribution in [0.15, 0.2) is 95.0 Å². The average molecular weight is 468 g/mol. The molecule has 0 aliphatic carbocycles. The monoisotopic (exact) mass is 467 g/mol. The molecule has 0 radical (unpaired) electrons. The standard InChI is InChI=1S/C28H25N3O2S/c1-19-7-6-8-21(15-19)18-34-28-30-25-24(22-9-4-3-5-10-22)16-29-26(25)27(32)31(28)17-20-11-13-23(33-2)14-12-20/h3-16,29H,17-18H2,1-2H3. The van der Waals surface area contributed by atoms with Crippen molar-refractivity contribution in [1.82, 2.24) is 14.5 Å². The lowest BCUT2D eigenvalue weighted by molar-refractivity contribution is 0.414. The molecule has 0 saturated heterocycles. The van der Waals surface area contributed by atoms with Gasteiger partial charge in [-0.3, -0.25) is 9.36 Å². The molecule has 0 unspecified atom stereocenters. The lowest BCUT2D eigenvalue weighted by Crippen LogP contribution is -2.24. The molecule has 1 N–H and O–H groups in total. The molecule has 2 aromatic heterocycles. The highest BCUT2D eigenvalue weighted by molar-refractivity contribution is 7.98. The molecule has 5 rings (SSSR count). The number of aryl methyl sites for hydroxylation is 1. The van der Waals surface area contributed by atoms with E-state index in [0.29, 0.717) is 22.7 Å². The molecule has 170 valence electrons. The first-order valence-electron chi connectivity index (χ1n) is 11.1. The largest absolute Gasteiger partial charge is 0.497 e. The smallest absolute Gasteiger partial charge is 0.278 e. The Morgan fingerprint density at radius 3 is 2.50 bits per heavy atom. The van der Waals surface area contributed by atoms with E-state index in [0.717, 1.165) is 28.2 Å². The number of thioether (sulfide) groups is 1. The van der Waals surface area contributed by atoms with Crippen LogP contribution in [0.25, 0.3) is 22.2 Å². The Morgan fingerprint density at radius 1 is 0.971 bits per heavy atom. The summed E-state index contributed by atoms with van der Waals surface area (Å²) in [6, 6.07) is 26.2. The van der Waals surface area contributed by atoms with Crippen LogP contribution in [0.3, 0.4) is 0 Å². The predicted octanol–water partition coefficient (Wildman–Crippen LogP) is 6.05. The van der Waals surface area contributed by atoms with Crippen molar-refractivity contribution in [1.29, 1.82) is 0 Å². The fourth-order valence-electron chi connectivity index (χ4n) is 4.02. The second kappa shape index (κ2) is 9.61. The third-order valence-electron chi connectivity index (χ3n) is 5.79. The number of ether oxygens (including phenoxy) is 1. The fourth-order valence-corrected chi connectivity index (χ4v) is 4.96. The van der Waals surface area contributed by atoms with Crippen molar-refractivity contribution in [3.05, 3.63) is 112 Å². The fraction of sp³-hybridized carbons (Fsp3) is 0.143. The highest BCUT2D eigenvalue weighted by atomic mass is 32.2. The summed E-state index contributed by atoms with van der Waals surface area (Å²) in [4.78, 5) is 21.8. The van der Waals surface area contributed by atoms with E-state index in [4.69, 9.17) is 9.72 Å². The number of aromatic nitrogens is 3. The number of hydrogen-bond acceptors (Lipinski definition) is 4. The van der Waals surface area contributed by atoms with Gasteiger partial charge < -0.3 is 9.72 Å². The molecule has 2 heterocycles. The summed E-state index contributed by atoms with van der Waals surface area (Å²) in [5.41, 5.74) is 6.54. The minimum absolute atomic E-state index is 0.0743. The zero-order valence-corrected chi connectivity index (χ0v) is 19.9. The van der Waals surface area contributed by atoms with Gasteiger partial charge in [-0.25, -0.2) is 4.98 Å². The first-order valence-corrected chi connectivity index (χ1v) is 12.1. The lowest BCUT2D eigenvalue weighted by Gasteiger charge is -2.13. The van der Waals surface area contributed by atoms with Crippen LogP contribution in [0.2, 0.25) is 0 Å². The molecule has 0 fully saturated rings. The van der Waals surface area contributed by atoms with Crippen LogP contribution in [-0.4, -0.2) is 21.6 Å². The van der Waals surface area contributed by atoms with E-state index in [9.17, 15) is 4.79 Å². The molecule has 5 nitrogen and oxygen atoms in total. The van der Waals surface area contributed by atoms with Crippen molar-refractivity contribution in [3.63, 3.8) is 0 Å². The average Bonchev–Trinajstić information content (AvgIpc) is 3.30. The molecule has 5 aromatic rings. The topological polar surface area (TPSA) is 59.9 Å². The van der Waals surface area contributed by atoms with Crippen LogP contribution in [0.1, 0.15) is 16.7 Å². The Morgan fingerprint density at radius 2 is 1.76 bits per heavy atom. The summed E-state index contributed by atoms with van der Waals surface area (Å²) in [7, 11) is 1.65. The van der Waals surface area contributed by atoms with E-state index in [1.165, 1.54) is 11.1 Å². The summed E-state index contributed by atoms with van der Waals surface area (Å²) in [5.74, 6) is 1.52. The first kappa shape index (κ1) is 22.0. The van der Waals surface area contributed by atoms with Crippen LogP contribution in [0.5, 0.6) is 5.75 Å². The molecule has 0 spiro atoms. The molecule has 34 heavy (non-hydrogen) atoms. The quantitative estimate of drug-likeness (QED) is 0.234. The number of hydrogen-bond donors (Lipinski definition) is 1. The van der Waals surface area contributed by atoms with Gasteiger partial charge in [-0.15, -0.1) is 0 Å². The second-order valence-electron chi connectivity index (χ2n) is 8.20. The van der Waals surface area contributed by atoms with Gasteiger partial charge in [-0.1, -0.05) is 84.1 Å². The number of aromatic amines is 1. The Bertz CT molecular complexity index is 1490. The van der Waals surface area contributed by atoms with Crippen LogP contribution >= 0.6 is 11.8 Å². The van der Waals surface area contributed by atoms with E-state index in [1.54, 1.807) is 23.4 Å². The number of benzene rings is 3. The molecule has 6 heteroatoms. The molecule has 0 atom stereocenters. The van der Waals surface area contributed by atoms with E-state index < -0.39 is 0 Å². The Balaban J connectivity index is 1.59. The lowest BCUT2D eigenvalue weighted by atomic mass is 10.1. The molecule has 0 aliphatic rings. The van der Waals surface area contributed by atoms with Crippen molar-refractivity contribution in [2.75, 3.05) is 7.11 Å². The molecular weight excluding hydrogens is 442 g/mol. The van der Waals surface area contributed by atoms with Crippen LogP contribution in [0, 0.1) is 6.92 Å². The zero-order chi connectivity index (χ0) is 23.5. The normalized spacial score (nSPS) is 11.1. The van der Waals surface area contributed by atoms with Gasteiger partial charge in [0.2, 0.25) is 0 Å². The van der Waals surface area contributed by atoms with Gasteiger partial charge in [-0.05, 0) is 35.7 Å². The molecule has 0 aliphatic heterocycles. The zero-order valence-electron chi connectivity index (χ0n) is 19.1. The SMILES string of the molecule is COc1ccc(Cn2c(SCc3cccc(C)c3)nc3c(-c4ccccc4)c[nH]c3c2=O)cc1. The van der Waals surface area contributed by atoms with Gasteiger partial charge >= 0.3 is 0 Å². The first-order chi connectivity index (χ1) is 16.6. The third kappa shape index (κ3) is 4.50. The number of rotatable bonds is 7. The van der Waals surface area contributed by atoms with Crippen molar-refractivity contribution < 1.29 is 4.74 Å². The number of fused-ring (bicyclic) bond motifs is 1. The van der Waals surface area contributed by atoms with Gasteiger partial charge in [0.15, 0.2) is 5.16 Å². The van der Waals surface area contributed by atoms with Gasteiger partial charge in [-0.2, -0.15) is 0 Å². The predicted molar refractivity (Wildman–Crippen MR) is 139 cm³/mol. The van der Waals surface area contributed by atoms with Crippen LogP contribution in [0.4, 0.5) is 0 Å². The van der Waals surface area contributed by atoms with Crippen molar-refractivity contribution in [2.45, 2.75) is 24.4 Å². The number of nitrogens with one attached hydrogen (secondary N) is 1. The maximum atomic E-state index is 13.6. The summed E-state index contributed by atoms with van der Waals surface area (Å²) in [5, 5.41) is 0.701. The van der Waals surface area contributed by atoms with Gasteiger partial charge in [0, 0.05) is 17.5 Å². The van der Waals surface area contributed by atoms with Crippen molar-refractivity contribution in [2.24, 2.45) is 0 Å². The van der Waals surface area contributed by atoms with Crippen molar-refractivity contribution in [3.8, 4) is 16.9 Å². The highest BCUT2D eigenvalue weighted by Gasteiger charge is 2.17. The Hall–Kier alpha value is -3.77. The second-order valence-corrected chi connectivity index (χ2v) is 9.15. The number of H-pyrrole nitrogens is 1. The van der Waals surface area contributed by atoms with Gasteiger partial charge in [0.25, 0.3) is 5.56 Å². The van der Waals surface area contributed by atoms with E-state index in [1.807, 2.05) is 60.8 Å². The number of nitrogens with zero attached hydrogens (tertiary/aromatic N) is 2. The highest BCUT2D eigenvalue weighted by Crippen LogP contribution is 2.29. The number of methoxy groups -OCH3 is 1. The third-order valence-corrected chi connectivity index (χ3v) is 6.83. The van der Waals surface area contributed by atoms with E-state index >= 15 is 0 Å². The van der Waals surface area contributed by atoms with E-state index in [-0.39, 0.29) is 5.56 Å². The van der Waals surface area contributed by atoms with Gasteiger partial charge in [0.1, 0.15) is 16.8 Å². The molecule has 0 saturated carbocycles. The van der Waals surface area contributed by atoms with Gasteiger partial charge in [0.05, 0.1) is 13.7 Å². The summed E-state index contributed by atoms with van der Waals surface area (Å²) >= 11 is 1.59. The summed E-state index contributed by atoms with van der Waals surface area (Å²) in [6.45, 7) is 2.52. The maximum Gasteiger partial charge on any atom is 0.278 e. The maximum absolute atomic E-state index is 13.6. The van der Waals surface area contributed by atoms with Crippen LogP contribution < -0.4 is 10.3 Å². The molecule has 3 aromatic carbocycles. The summed E-state index contributed by atoms with van der Waals surface area (Å²) < 4.78 is 7.04. The molecule has 0 amide bonds. The van der Waals surface area contributed by atoms with Crippen molar-refractivity contribution >= 4 is 22.8 Å². The minimum atomic E-state index is -0.0743. The minimum Gasteiger partial charge on any atom is -0.497 e. The summed E-state index contributed by atoms with van der Waals surface area (Å²) in [6.07, 6.45) is 1.88. The molecular formula is C28H25N3O2S. The Labute approximate surface area is 202 Å². The van der Waals surface area contributed by atoms with E-state index in [2.05, 4.69) is 36.2 Å². The van der Waals surface area contributed by atoms with Crippen LogP contribution in [-0.2, 0) is 12.3 Å². The molecule has 0 bridgehead atoms.